The van der Waals surface area contributed by atoms with Gasteiger partial charge in [-0.25, -0.2) is 9.67 Å². The molecule has 0 bridgehead atoms. The smallest absolute Gasteiger partial charge is 0.137 e. The molecule has 0 saturated carbocycles. The standard InChI is InChI=1S/C19H29N3O/c1-5-6-7-17(22-14-20-13-21-22)18(23)19(3,4)12-16-10-8-15(2)9-11-16/h8-11,13-14,17-18,23H,5-7,12H2,1-4H3. The average molecular weight is 315 g/mol. The van der Waals surface area contributed by atoms with Crippen molar-refractivity contribution >= 4 is 0 Å². The summed E-state index contributed by atoms with van der Waals surface area (Å²) < 4.78 is 1.82. The Balaban J connectivity index is 2.15. The van der Waals surface area contributed by atoms with Crippen molar-refractivity contribution in [2.45, 2.75) is 65.5 Å². The van der Waals surface area contributed by atoms with E-state index in [9.17, 15) is 5.11 Å². The lowest BCUT2D eigenvalue weighted by Crippen LogP contribution is -2.39. The van der Waals surface area contributed by atoms with E-state index in [1.807, 2.05) is 4.68 Å². The molecule has 4 heteroatoms. The van der Waals surface area contributed by atoms with Crippen LogP contribution in [-0.2, 0) is 6.42 Å². The van der Waals surface area contributed by atoms with Crippen LogP contribution in [0.25, 0.3) is 0 Å². The number of aryl methyl sites for hydroxylation is 1. The molecule has 0 aliphatic carbocycles. The van der Waals surface area contributed by atoms with Crippen molar-refractivity contribution in [1.29, 1.82) is 0 Å². The second-order valence-corrected chi connectivity index (χ2v) is 7.18. The van der Waals surface area contributed by atoms with Crippen LogP contribution in [0.3, 0.4) is 0 Å². The molecule has 2 rings (SSSR count). The van der Waals surface area contributed by atoms with Crippen molar-refractivity contribution in [1.82, 2.24) is 14.8 Å². The summed E-state index contributed by atoms with van der Waals surface area (Å²) in [6.07, 6.45) is 6.71. The fourth-order valence-electron chi connectivity index (χ4n) is 3.09. The van der Waals surface area contributed by atoms with Crippen LogP contribution in [0.4, 0.5) is 0 Å². The Morgan fingerprint density at radius 3 is 2.48 bits per heavy atom. The molecule has 4 nitrogen and oxygen atoms in total. The van der Waals surface area contributed by atoms with Crippen LogP contribution >= 0.6 is 0 Å². The summed E-state index contributed by atoms with van der Waals surface area (Å²) in [7, 11) is 0. The molecule has 0 fully saturated rings. The first-order valence-corrected chi connectivity index (χ1v) is 8.52. The maximum Gasteiger partial charge on any atom is 0.137 e. The molecule has 0 radical (unpaired) electrons. The highest BCUT2D eigenvalue weighted by atomic mass is 16.3. The Morgan fingerprint density at radius 2 is 1.91 bits per heavy atom. The van der Waals surface area contributed by atoms with E-state index in [-0.39, 0.29) is 11.5 Å². The van der Waals surface area contributed by atoms with Crippen molar-refractivity contribution in [3.8, 4) is 0 Å². The Labute approximate surface area is 139 Å². The predicted molar refractivity (Wildman–Crippen MR) is 93.3 cm³/mol. The first-order valence-electron chi connectivity index (χ1n) is 8.52. The van der Waals surface area contributed by atoms with Crippen molar-refractivity contribution in [3.63, 3.8) is 0 Å². The summed E-state index contributed by atoms with van der Waals surface area (Å²) in [6.45, 7) is 8.53. The van der Waals surface area contributed by atoms with E-state index >= 15 is 0 Å². The van der Waals surface area contributed by atoms with Crippen molar-refractivity contribution in [2.24, 2.45) is 5.41 Å². The van der Waals surface area contributed by atoms with Crippen LogP contribution in [-0.4, -0.2) is 26.0 Å². The predicted octanol–water partition coefficient (Wildman–Crippen LogP) is 3.95. The Bertz CT molecular complexity index is 575. The molecular weight excluding hydrogens is 286 g/mol. The van der Waals surface area contributed by atoms with Crippen molar-refractivity contribution < 1.29 is 5.11 Å². The van der Waals surface area contributed by atoms with Crippen molar-refractivity contribution in [3.05, 3.63) is 48.0 Å². The monoisotopic (exact) mass is 315 g/mol. The molecule has 2 atom stereocenters. The summed E-state index contributed by atoms with van der Waals surface area (Å²) in [5.74, 6) is 0. The largest absolute Gasteiger partial charge is 0.390 e. The maximum absolute atomic E-state index is 11.1. The average Bonchev–Trinajstić information content (AvgIpc) is 3.04. The SMILES string of the molecule is CCCCC(C(O)C(C)(C)Cc1ccc(C)cc1)n1cncn1. The number of benzene rings is 1. The Morgan fingerprint density at radius 1 is 1.22 bits per heavy atom. The van der Waals surface area contributed by atoms with Gasteiger partial charge in [0, 0.05) is 0 Å². The van der Waals surface area contributed by atoms with Gasteiger partial charge in [-0.15, -0.1) is 0 Å². The highest BCUT2D eigenvalue weighted by molar-refractivity contribution is 5.22. The first kappa shape index (κ1) is 17.7. The van der Waals surface area contributed by atoms with Crippen LogP contribution in [0.2, 0.25) is 0 Å². The molecular formula is C19H29N3O. The van der Waals surface area contributed by atoms with Gasteiger partial charge in [-0.2, -0.15) is 5.10 Å². The molecule has 0 aliphatic heterocycles. The minimum atomic E-state index is -0.475. The number of rotatable bonds is 8. The van der Waals surface area contributed by atoms with Gasteiger partial charge in [0.1, 0.15) is 12.7 Å². The summed E-state index contributed by atoms with van der Waals surface area (Å²) >= 11 is 0. The highest BCUT2D eigenvalue weighted by Crippen LogP contribution is 2.34. The van der Waals surface area contributed by atoms with Gasteiger partial charge >= 0.3 is 0 Å². The Kier molecular flexibility index (Phi) is 5.94. The summed E-state index contributed by atoms with van der Waals surface area (Å²) in [4.78, 5) is 4.05. The molecule has 0 saturated heterocycles. The molecule has 126 valence electrons. The first-order chi connectivity index (χ1) is 10.9. The Hall–Kier alpha value is -1.68. The molecule has 2 unspecified atom stereocenters. The fraction of sp³-hybridized carbons (Fsp3) is 0.579. The molecule has 0 amide bonds. The molecule has 2 aromatic rings. The number of hydrogen-bond acceptors (Lipinski definition) is 3. The number of aliphatic hydroxyl groups is 1. The second kappa shape index (κ2) is 7.73. The minimum Gasteiger partial charge on any atom is -0.390 e. The third-order valence-corrected chi connectivity index (χ3v) is 4.58. The minimum absolute atomic E-state index is 0.0297. The van der Waals surface area contributed by atoms with Gasteiger partial charge in [-0.1, -0.05) is 63.4 Å². The van der Waals surface area contributed by atoms with E-state index in [0.717, 1.165) is 25.7 Å². The third-order valence-electron chi connectivity index (χ3n) is 4.58. The van der Waals surface area contributed by atoms with E-state index in [0.29, 0.717) is 0 Å². The molecule has 0 spiro atoms. The van der Waals surface area contributed by atoms with Crippen LogP contribution in [0.1, 0.15) is 57.2 Å². The van der Waals surface area contributed by atoms with E-state index in [4.69, 9.17) is 0 Å². The number of unbranched alkanes of at least 4 members (excludes halogenated alkanes) is 1. The summed E-state index contributed by atoms with van der Waals surface area (Å²) in [6, 6.07) is 8.53. The van der Waals surface area contributed by atoms with Gasteiger partial charge in [0.15, 0.2) is 0 Å². The summed E-state index contributed by atoms with van der Waals surface area (Å²) in [5, 5.41) is 15.3. The van der Waals surface area contributed by atoms with Gasteiger partial charge in [0.25, 0.3) is 0 Å². The zero-order valence-electron chi connectivity index (χ0n) is 14.7. The fourth-order valence-corrected chi connectivity index (χ4v) is 3.09. The quantitative estimate of drug-likeness (QED) is 0.802. The van der Waals surface area contributed by atoms with Crippen LogP contribution < -0.4 is 0 Å². The topological polar surface area (TPSA) is 50.9 Å². The maximum atomic E-state index is 11.1. The van der Waals surface area contributed by atoms with Gasteiger partial charge in [-0.05, 0) is 30.7 Å². The molecule has 0 aliphatic rings. The number of aromatic nitrogens is 3. The van der Waals surface area contributed by atoms with Gasteiger partial charge < -0.3 is 5.11 Å². The van der Waals surface area contributed by atoms with Crippen molar-refractivity contribution in [2.75, 3.05) is 0 Å². The zero-order chi connectivity index (χ0) is 16.9. The van der Waals surface area contributed by atoms with E-state index in [2.05, 4.69) is 62.0 Å². The number of hydrogen-bond donors (Lipinski definition) is 1. The molecule has 1 N–H and O–H groups in total. The highest BCUT2D eigenvalue weighted by Gasteiger charge is 2.35. The second-order valence-electron chi connectivity index (χ2n) is 7.18. The lowest BCUT2D eigenvalue weighted by atomic mass is 9.76. The lowest BCUT2D eigenvalue weighted by Gasteiger charge is -2.36. The third kappa shape index (κ3) is 4.64. The van der Waals surface area contributed by atoms with Gasteiger partial charge in [0.05, 0.1) is 12.1 Å². The van der Waals surface area contributed by atoms with Gasteiger partial charge in [-0.3, -0.25) is 0 Å². The molecule has 1 heterocycles. The normalized spacial score (nSPS) is 14.7. The number of nitrogens with zero attached hydrogens (tertiary/aromatic N) is 3. The van der Waals surface area contributed by atoms with E-state index < -0.39 is 6.10 Å². The molecule has 1 aromatic heterocycles. The van der Waals surface area contributed by atoms with Crippen LogP contribution in [0, 0.1) is 12.3 Å². The molecule has 1 aromatic carbocycles. The van der Waals surface area contributed by atoms with Crippen LogP contribution in [0.5, 0.6) is 0 Å². The number of aliphatic hydroxyl groups excluding tert-OH is 1. The van der Waals surface area contributed by atoms with Gasteiger partial charge in [0.2, 0.25) is 0 Å². The zero-order valence-corrected chi connectivity index (χ0v) is 14.7. The van der Waals surface area contributed by atoms with E-state index in [1.54, 1.807) is 12.7 Å². The molecule has 23 heavy (non-hydrogen) atoms. The van der Waals surface area contributed by atoms with Crippen LogP contribution in [0.15, 0.2) is 36.9 Å². The lowest BCUT2D eigenvalue weighted by molar-refractivity contribution is -0.00140. The summed E-state index contributed by atoms with van der Waals surface area (Å²) in [5.41, 5.74) is 2.28. The van der Waals surface area contributed by atoms with E-state index in [1.165, 1.54) is 11.1 Å².